The summed E-state index contributed by atoms with van der Waals surface area (Å²) in [5.41, 5.74) is 0.354. The van der Waals surface area contributed by atoms with Crippen molar-refractivity contribution < 1.29 is 18.0 Å². The summed E-state index contributed by atoms with van der Waals surface area (Å²) in [7, 11) is 0. The molecule has 0 saturated carbocycles. The van der Waals surface area contributed by atoms with Gasteiger partial charge in [-0.3, -0.25) is 9.69 Å². The lowest BCUT2D eigenvalue weighted by atomic mass is 10.0. The number of nitrogens with zero attached hydrogens (tertiary/aromatic N) is 3. The predicted molar refractivity (Wildman–Crippen MR) is 110 cm³/mol. The standard InChI is InChI=1S/C22H27F3N4O/c1-2-6-19(17-7-4-3-5-8-17)27-21(30)16-28-11-13-29(14-12-28)20-10-9-18(15-26-20)22(23,24)25/h3-5,7-10,15,19H,2,6,11-14,16H2,1H3,(H,27,30)/t19-/m1/s1. The van der Waals surface area contributed by atoms with E-state index in [4.69, 9.17) is 0 Å². The Labute approximate surface area is 174 Å². The number of piperazine rings is 1. The van der Waals surface area contributed by atoms with Crippen molar-refractivity contribution in [3.63, 3.8) is 0 Å². The SMILES string of the molecule is CCC[C@@H](NC(=O)CN1CCN(c2ccc(C(F)(F)F)cn2)CC1)c1ccccc1. The number of rotatable bonds is 7. The van der Waals surface area contributed by atoms with Crippen molar-refractivity contribution >= 4 is 11.7 Å². The van der Waals surface area contributed by atoms with Crippen LogP contribution in [0.1, 0.15) is 36.9 Å². The van der Waals surface area contributed by atoms with E-state index in [2.05, 4.69) is 22.1 Å². The third-order valence-electron chi connectivity index (χ3n) is 5.25. The molecule has 0 unspecified atom stereocenters. The number of hydrogen-bond acceptors (Lipinski definition) is 4. The van der Waals surface area contributed by atoms with Crippen LogP contribution in [0, 0.1) is 0 Å². The molecule has 1 saturated heterocycles. The molecule has 8 heteroatoms. The first-order valence-corrected chi connectivity index (χ1v) is 10.2. The predicted octanol–water partition coefficient (Wildman–Crippen LogP) is 3.88. The Morgan fingerprint density at radius 1 is 1.10 bits per heavy atom. The van der Waals surface area contributed by atoms with Crippen LogP contribution in [0.25, 0.3) is 0 Å². The second kappa shape index (κ2) is 9.93. The van der Waals surface area contributed by atoms with Crippen LogP contribution in [0.5, 0.6) is 0 Å². The lowest BCUT2D eigenvalue weighted by Crippen LogP contribution is -2.50. The first-order valence-electron chi connectivity index (χ1n) is 10.2. The number of benzene rings is 1. The number of hydrogen-bond donors (Lipinski definition) is 1. The van der Waals surface area contributed by atoms with Gasteiger partial charge in [-0.2, -0.15) is 13.2 Å². The maximum absolute atomic E-state index is 12.7. The first-order chi connectivity index (χ1) is 14.4. The lowest BCUT2D eigenvalue weighted by Gasteiger charge is -2.35. The minimum atomic E-state index is -4.38. The topological polar surface area (TPSA) is 48.5 Å². The highest BCUT2D eigenvalue weighted by atomic mass is 19.4. The Balaban J connectivity index is 1.49. The highest BCUT2D eigenvalue weighted by molar-refractivity contribution is 5.78. The van der Waals surface area contributed by atoms with E-state index in [-0.39, 0.29) is 11.9 Å². The molecule has 1 atom stereocenters. The summed E-state index contributed by atoms with van der Waals surface area (Å²) in [6, 6.07) is 12.4. The van der Waals surface area contributed by atoms with Crippen molar-refractivity contribution in [2.75, 3.05) is 37.6 Å². The molecule has 5 nitrogen and oxygen atoms in total. The van der Waals surface area contributed by atoms with E-state index in [1.54, 1.807) is 0 Å². The molecule has 1 aliphatic rings. The molecule has 2 heterocycles. The van der Waals surface area contributed by atoms with Gasteiger partial charge in [0.05, 0.1) is 18.2 Å². The Hall–Kier alpha value is -2.61. The van der Waals surface area contributed by atoms with E-state index >= 15 is 0 Å². The van der Waals surface area contributed by atoms with Gasteiger partial charge < -0.3 is 10.2 Å². The second-order valence-electron chi connectivity index (χ2n) is 7.49. The smallest absolute Gasteiger partial charge is 0.354 e. The van der Waals surface area contributed by atoms with E-state index in [1.165, 1.54) is 6.07 Å². The van der Waals surface area contributed by atoms with Crippen LogP contribution in [0.15, 0.2) is 48.7 Å². The Morgan fingerprint density at radius 2 is 1.80 bits per heavy atom. The van der Waals surface area contributed by atoms with Crippen LogP contribution in [0.3, 0.4) is 0 Å². The highest BCUT2D eigenvalue weighted by Gasteiger charge is 2.31. The number of nitrogens with one attached hydrogen (secondary N) is 1. The molecule has 1 amide bonds. The molecular formula is C22H27F3N4O. The summed E-state index contributed by atoms with van der Waals surface area (Å²) in [5.74, 6) is 0.512. The summed E-state index contributed by atoms with van der Waals surface area (Å²) < 4.78 is 38.1. The van der Waals surface area contributed by atoms with E-state index in [0.29, 0.717) is 38.5 Å². The van der Waals surface area contributed by atoms with Gasteiger partial charge in [0, 0.05) is 32.4 Å². The fraction of sp³-hybridized carbons (Fsp3) is 0.455. The summed E-state index contributed by atoms with van der Waals surface area (Å²) in [6.45, 7) is 4.93. The maximum Gasteiger partial charge on any atom is 0.417 e. The second-order valence-corrected chi connectivity index (χ2v) is 7.49. The first kappa shape index (κ1) is 22.1. The van der Waals surface area contributed by atoms with Crippen LogP contribution in [-0.2, 0) is 11.0 Å². The number of halogens is 3. The van der Waals surface area contributed by atoms with Crippen LogP contribution in [0.2, 0.25) is 0 Å². The third kappa shape index (κ3) is 5.95. The fourth-order valence-electron chi connectivity index (χ4n) is 3.62. The van der Waals surface area contributed by atoms with Gasteiger partial charge in [-0.1, -0.05) is 43.7 Å². The normalized spacial score (nSPS) is 16.3. The number of aromatic nitrogens is 1. The molecule has 1 aliphatic heterocycles. The summed E-state index contributed by atoms with van der Waals surface area (Å²) in [5, 5.41) is 3.13. The van der Waals surface area contributed by atoms with Gasteiger partial charge in [-0.05, 0) is 24.1 Å². The Bertz CT molecular complexity index is 803. The van der Waals surface area contributed by atoms with Crippen molar-refractivity contribution in [3.05, 3.63) is 59.8 Å². The van der Waals surface area contributed by atoms with E-state index < -0.39 is 11.7 Å². The molecule has 30 heavy (non-hydrogen) atoms. The zero-order valence-electron chi connectivity index (χ0n) is 17.0. The lowest BCUT2D eigenvalue weighted by molar-refractivity contribution is -0.137. The Kier molecular flexibility index (Phi) is 7.31. The molecule has 3 rings (SSSR count). The van der Waals surface area contributed by atoms with Gasteiger partial charge in [0.25, 0.3) is 0 Å². The van der Waals surface area contributed by atoms with Crippen molar-refractivity contribution in [1.29, 1.82) is 0 Å². The molecule has 1 aromatic heterocycles. The van der Waals surface area contributed by atoms with Crippen molar-refractivity contribution in [1.82, 2.24) is 15.2 Å². The number of amides is 1. The molecule has 0 spiro atoms. The highest BCUT2D eigenvalue weighted by Crippen LogP contribution is 2.29. The summed E-state index contributed by atoms with van der Waals surface area (Å²) in [6.07, 6.45) is -1.67. The number of carbonyl (C=O) groups is 1. The van der Waals surface area contributed by atoms with Crippen molar-refractivity contribution in [3.8, 4) is 0 Å². The molecule has 0 radical (unpaired) electrons. The van der Waals surface area contributed by atoms with E-state index in [0.717, 1.165) is 30.7 Å². The van der Waals surface area contributed by atoms with E-state index in [1.807, 2.05) is 35.2 Å². The largest absolute Gasteiger partial charge is 0.417 e. The van der Waals surface area contributed by atoms with Gasteiger partial charge in [0.1, 0.15) is 5.82 Å². The zero-order valence-corrected chi connectivity index (χ0v) is 17.0. The monoisotopic (exact) mass is 420 g/mol. The fourth-order valence-corrected chi connectivity index (χ4v) is 3.62. The molecule has 0 bridgehead atoms. The third-order valence-corrected chi connectivity index (χ3v) is 5.25. The quantitative estimate of drug-likeness (QED) is 0.739. The van der Waals surface area contributed by atoms with Crippen LogP contribution < -0.4 is 10.2 Å². The van der Waals surface area contributed by atoms with Crippen LogP contribution >= 0.6 is 0 Å². The summed E-state index contributed by atoms with van der Waals surface area (Å²) >= 11 is 0. The summed E-state index contributed by atoms with van der Waals surface area (Å²) in [4.78, 5) is 20.5. The Morgan fingerprint density at radius 3 is 2.37 bits per heavy atom. The van der Waals surface area contributed by atoms with E-state index in [9.17, 15) is 18.0 Å². The zero-order chi connectivity index (χ0) is 21.6. The number of alkyl halides is 3. The van der Waals surface area contributed by atoms with Crippen LogP contribution in [-0.4, -0.2) is 48.5 Å². The average molecular weight is 420 g/mol. The molecular weight excluding hydrogens is 393 g/mol. The minimum Gasteiger partial charge on any atom is -0.354 e. The van der Waals surface area contributed by atoms with Crippen molar-refractivity contribution in [2.24, 2.45) is 0 Å². The average Bonchev–Trinajstić information content (AvgIpc) is 2.74. The number of pyridine rings is 1. The number of carbonyl (C=O) groups excluding carboxylic acids is 1. The maximum atomic E-state index is 12.7. The molecule has 162 valence electrons. The van der Waals surface area contributed by atoms with Gasteiger partial charge in [0.2, 0.25) is 5.91 Å². The van der Waals surface area contributed by atoms with Gasteiger partial charge >= 0.3 is 6.18 Å². The molecule has 0 aliphatic carbocycles. The van der Waals surface area contributed by atoms with Crippen molar-refractivity contribution in [2.45, 2.75) is 32.0 Å². The molecule has 2 aromatic rings. The molecule has 1 N–H and O–H groups in total. The van der Waals surface area contributed by atoms with Gasteiger partial charge in [-0.15, -0.1) is 0 Å². The minimum absolute atomic E-state index is 0.00124. The molecule has 1 fully saturated rings. The molecule has 1 aromatic carbocycles. The van der Waals surface area contributed by atoms with Crippen LogP contribution in [0.4, 0.5) is 19.0 Å². The van der Waals surface area contributed by atoms with Gasteiger partial charge in [-0.25, -0.2) is 4.98 Å². The number of anilines is 1. The van der Waals surface area contributed by atoms with Gasteiger partial charge in [0.15, 0.2) is 0 Å².